The number of carbonyl (C=O) groups is 2. The van der Waals surface area contributed by atoms with Crippen molar-refractivity contribution < 1.29 is 24.2 Å². The molecule has 6 nitrogen and oxygen atoms in total. The maximum absolute atomic E-state index is 11.3. The SMILES string of the molecule is COC[C@H](CN(C)C)OC(=O)CCC(=O)O. The minimum Gasteiger partial charge on any atom is -0.481 e. The lowest BCUT2D eigenvalue weighted by Gasteiger charge is -2.20. The van der Waals surface area contributed by atoms with Crippen molar-refractivity contribution in [3.8, 4) is 0 Å². The van der Waals surface area contributed by atoms with Gasteiger partial charge in [0, 0.05) is 13.7 Å². The first kappa shape index (κ1) is 14.9. The number of carboxylic acid groups (broad SMARTS) is 1. The van der Waals surface area contributed by atoms with Gasteiger partial charge in [0.2, 0.25) is 0 Å². The minimum absolute atomic E-state index is 0.108. The summed E-state index contributed by atoms with van der Waals surface area (Å²) in [6, 6.07) is 0. The molecule has 0 aliphatic heterocycles. The number of aliphatic carboxylic acids is 1. The summed E-state index contributed by atoms with van der Waals surface area (Å²) in [6.45, 7) is 0.851. The molecule has 0 heterocycles. The third-order valence-electron chi connectivity index (χ3n) is 1.76. The van der Waals surface area contributed by atoms with Gasteiger partial charge in [-0.2, -0.15) is 0 Å². The van der Waals surface area contributed by atoms with Crippen LogP contribution in [-0.2, 0) is 19.1 Å². The van der Waals surface area contributed by atoms with E-state index in [9.17, 15) is 9.59 Å². The second-order valence-corrected chi connectivity index (χ2v) is 3.72. The second kappa shape index (κ2) is 8.06. The van der Waals surface area contributed by atoms with Crippen LogP contribution in [0.2, 0.25) is 0 Å². The van der Waals surface area contributed by atoms with E-state index in [4.69, 9.17) is 14.6 Å². The molecular formula is C10H19NO5. The molecule has 0 spiro atoms. The first-order valence-electron chi connectivity index (χ1n) is 5.00. The number of carbonyl (C=O) groups excluding carboxylic acids is 1. The smallest absolute Gasteiger partial charge is 0.306 e. The number of likely N-dealkylation sites (N-methyl/N-ethyl adjacent to an activating group) is 1. The van der Waals surface area contributed by atoms with Crippen LogP contribution in [0.5, 0.6) is 0 Å². The lowest BCUT2D eigenvalue weighted by atomic mass is 10.3. The van der Waals surface area contributed by atoms with Gasteiger partial charge in [-0.1, -0.05) is 0 Å². The lowest BCUT2D eigenvalue weighted by Crippen LogP contribution is -2.33. The van der Waals surface area contributed by atoms with Crippen molar-refractivity contribution in [1.29, 1.82) is 0 Å². The Labute approximate surface area is 95.1 Å². The summed E-state index contributed by atoms with van der Waals surface area (Å²) in [5, 5.41) is 8.40. The maximum Gasteiger partial charge on any atom is 0.306 e. The highest BCUT2D eigenvalue weighted by Gasteiger charge is 2.16. The van der Waals surface area contributed by atoms with E-state index in [1.165, 1.54) is 7.11 Å². The molecule has 0 saturated carbocycles. The fourth-order valence-corrected chi connectivity index (χ4v) is 1.17. The summed E-state index contributed by atoms with van der Waals surface area (Å²) < 4.78 is 9.99. The highest BCUT2D eigenvalue weighted by molar-refractivity contribution is 5.76. The fourth-order valence-electron chi connectivity index (χ4n) is 1.17. The molecule has 0 aromatic carbocycles. The van der Waals surface area contributed by atoms with Crippen LogP contribution in [0, 0.1) is 0 Å². The van der Waals surface area contributed by atoms with Gasteiger partial charge in [0.1, 0.15) is 6.10 Å². The van der Waals surface area contributed by atoms with Crippen molar-refractivity contribution in [2.24, 2.45) is 0 Å². The minimum atomic E-state index is -1.01. The predicted octanol–water partition coefficient (Wildman–Crippen LogP) is -0.0290. The number of methoxy groups -OCH3 is 1. The summed E-state index contributed by atoms with van der Waals surface area (Å²) >= 11 is 0. The molecule has 0 radical (unpaired) electrons. The average Bonchev–Trinajstić information content (AvgIpc) is 2.14. The van der Waals surface area contributed by atoms with Gasteiger partial charge in [-0.3, -0.25) is 9.59 Å². The number of hydrogen-bond acceptors (Lipinski definition) is 5. The van der Waals surface area contributed by atoms with E-state index >= 15 is 0 Å². The van der Waals surface area contributed by atoms with Gasteiger partial charge in [0.25, 0.3) is 0 Å². The average molecular weight is 233 g/mol. The van der Waals surface area contributed by atoms with E-state index in [0.717, 1.165) is 0 Å². The Bertz CT molecular complexity index is 229. The van der Waals surface area contributed by atoms with Crippen LogP contribution in [0.4, 0.5) is 0 Å². The van der Waals surface area contributed by atoms with Crippen molar-refractivity contribution >= 4 is 11.9 Å². The Kier molecular flexibility index (Phi) is 7.49. The Balaban J connectivity index is 3.96. The topological polar surface area (TPSA) is 76.1 Å². The molecule has 0 amide bonds. The molecule has 6 heteroatoms. The van der Waals surface area contributed by atoms with E-state index in [2.05, 4.69) is 0 Å². The Morgan fingerprint density at radius 1 is 1.31 bits per heavy atom. The van der Waals surface area contributed by atoms with Gasteiger partial charge in [0.15, 0.2) is 0 Å². The number of esters is 1. The van der Waals surface area contributed by atoms with Crippen LogP contribution in [0.1, 0.15) is 12.8 Å². The molecule has 1 atom stereocenters. The van der Waals surface area contributed by atoms with E-state index in [0.29, 0.717) is 13.2 Å². The molecule has 0 saturated heterocycles. The summed E-state index contributed by atoms with van der Waals surface area (Å²) in [7, 11) is 5.23. The van der Waals surface area contributed by atoms with E-state index in [-0.39, 0.29) is 18.9 Å². The predicted molar refractivity (Wildman–Crippen MR) is 57.2 cm³/mol. The molecule has 0 unspecified atom stereocenters. The molecule has 0 fully saturated rings. The van der Waals surface area contributed by atoms with E-state index in [1.807, 2.05) is 19.0 Å². The van der Waals surface area contributed by atoms with Gasteiger partial charge in [0.05, 0.1) is 19.4 Å². The molecule has 0 aliphatic rings. The molecule has 0 aromatic heterocycles. The lowest BCUT2D eigenvalue weighted by molar-refractivity contribution is -0.154. The number of rotatable bonds is 8. The second-order valence-electron chi connectivity index (χ2n) is 3.72. The van der Waals surface area contributed by atoms with E-state index < -0.39 is 11.9 Å². The molecule has 94 valence electrons. The van der Waals surface area contributed by atoms with Crippen LogP contribution in [0.3, 0.4) is 0 Å². The summed E-state index contributed by atoms with van der Waals surface area (Å²) in [4.78, 5) is 23.4. The fraction of sp³-hybridized carbons (Fsp3) is 0.800. The highest BCUT2D eigenvalue weighted by Crippen LogP contribution is 2.00. The largest absolute Gasteiger partial charge is 0.481 e. The van der Waals surface area contributed by atoms with Crippen LogP contribution in [0.15, 0.2) is 0 Å². The summed E-state index contributed by atoms with van der Waals surface area (Å²) in [5.41, 5.74) is 0. The molecule has 0 bridgehead atoms. The monoisotopic (exact) mass is 233 g/mol. The van der Waals surface area contributed by atoms with Gasteiger partial charge >= 0.3 is 11.9 Å². The molecule has 16 heavy (non-hydrogen) atoms. The molecule has 0 aliphatic carbocycles. The van der Waals surface area contributed by atoms with Crippen molar-refractivity contribution in [3.63, 3.8) is 0 Å². The zero-order valence-corrected chi connectivity index (χ0v) is 9.93. The first-order valence-corrected chi connectivity index (χ1v) is 5.00. The highest BCUT2D eigenvalue weighted by atomic mass is 16.6. The molecule has 1 N–H and O–H groups in total. The number of hydrogen-bond donors (Lipinski definition) is 1. The Hall–Kier alpha value is -1.14. The zero-order chi connectivity index (χ0) is 12.6. The van der Waals surface area contributed by atoms with Crippen molar-refractivity contribution in [2.45, 2.75) is 18.9 Å². The molecule has 0 aromatic rings. The van der Waals surface area contributed by atoms with Gasteiger partial charge < -0.3 is 19.5 Å². The Morgan fingerprint density at radius 2 is 1.94 bits per heavy atom. The van der Waals surface area contributed by atoms with Crippen molar-refractivity contribution in [3.05, 3.63) is 0 Å². The zero-order valence-electron chi connectivity index (χ0n) is 9.93. The van der Waals surface area contributed by atoms with Crippen molar-refractivity contribution in [1.82, 2.24) is 4.90 Å². The number of nitrogens with zero attached hydrogens (tertiary/aromatic N) is 1. The van der Waals surface area contributed by atoms with Crippen LogP contribution < -0.4 is 0 Å². The van der Waals surface area contributed by atoms with Crippen molar-refractivity contribution in [2.75, 3.05) is 34.4 Å². The molecule has 0 rings (SSSR count). The van der Waals surface area contributed by atoms with Gasteiger partial charge in [-0.25, -0.2) is 0 Å². The van der Waals surface area contributed by atoms with E-state index in [1.54, 1.807) is 0 Å². The third kappa shape index (κ3) is 8.19. The Morgan fingerprint density at radius 3 is 2.38 bits per heavy atom. The normalized spacial score (nSPS) is 12.5. The number of carboxylic acids is 1. The summed E-state index contributed by atoms with van der Waals surface area (Å²) in [5.74, 6) is -1.51. The standard InChI is InChI=1S/C10H19NO5/c1-11(2)6-8(7-15-3)16-10(14)5-4-9(12)13/h8H,4-7H2,1-3H3,(H,12,13)/t8-/m0/s1. The van der Waals surface area contributed by atoms with Crippen LogP contribution >= 0.6 is 0 Å². The number of ether oxygens (including phenoxy) is 2. The maximum atomic E-state index is 11.3. The molecular weight excluding hydrogens is 214 g/mol. The van der Waals surface area contributed by atoms with Gasteiger partial charge in [-0.05, 0) is 14.1 Å². The quantitative estimate of drug-likeness (QED) is 0.593. The first-order chi connectivity index (χ1) is 7.45. The van der Waals surface area contributed by atoms with Gasteiger partial charge in [-0.15, -0.1) is 0 Å². The van der Waals surface area contributed by atoms with Crippen LogP contribution in [-0.4, -0.2) is 62.4 Å². The summed E-state index contributed by atoms with van der Waals surface area (Å²) in [6.07, 6.45) is -0.676. The third-order valence-corrected chi connectivity index (χ3v) is 1.76. The van der Waals surface area contributed by atoms with Crippen LogP contribution in [0.25, 0.3) is 0 Å².